The summed E-state index contributed by atoms with van der Waals surface area (Å²) in [6, 6.07) is 2.35. The second kappa shape index (κ2) is 4.85. The lowest BCUT2D eigenvalue weighted by molar-refractivity contribution is 0.0695. The van der Waals surface area contributed by atoms with E-state index in [-0.39, 0.29) is 0 Å². The van der Waals surface area contributed by atoms with E-state index in [1.165, 1.54) is 35.9 Å². The van der Waals surface area contributed by atoms with Gasteiger partial charge in [0.15, 0.2) is 0 Å². The zero-order valence-electron chi connectivity index (χ0n) is 11.8. The summed E-state index contributed by atoms with van der Waals surface area (Å²) in [4.78, 5) is 0. The van der Waals surface area contributed by atoms with Gasteiger partial charge in [-0.1, -0.05) is 19.3 Å². The summed E-state index contributed by atoms with van der Waals surface area (Å²) in [5, 5.41) is 0. The second-order valence-corrected chi connectivity index (χ2v) is 5.45. The molecule has 2 rings (SSSR count). The van der Waals surface area contributed by atoms with Crippen LogP contribution in [0.2, 0.25) is 6.32 Å². The number of ether oxygens (including phenoxy) is 1. The van der Waals surface area contributed by atoms with Crippen molar-refractivity contribution in [3.8, 4) is 0 Å². The number of hydrogen-bond acceptors (Lipinski definition) is 1. The van der Waals surface area contributed by atoms with E-state index < -0.39 is 0 Å². The van der Waals surface area contributed by atoms with Crippen molar-refractivity contribution >= 4 is 7.85 Å². The molecule has 2 atom stereocenters. The van der Waals surface area contributed by atoms with Crippen LogP contribution >= 0.6 is 0 Å². The molecule has 0 saturated carbocycles. The Morgan fingerprint density at radius 2 is 2.12 bits per heavy atom. The quantitative estimate of drug-likeness (QED) is 0.725. The van der Waals surface area contributed by atoms with Crippen LogP contribution < -0.4 is 0 Å². The predicted molar refractivity (Wildman–Crippen MR) is 75.6 cm³/mol. The smallest absolute Gasteiger partial charge is 0.101 e. The molecular formula is C15H23BO. The third-order valence-corrected chi connectivity index (χ3v) is 4.23. The van der Waals surface area contributed by atoms with Gasteiger partial charge in [0, 0.05) is 7.11 Å². The minimum Gasteiger partial charge on any atom is -0.376 e. The Labute approximate surface area is 106 Å². The number of hydrogen-bond donors (Lipinski definition) is 0. The molecule has 0 fully saturated rings. The van der Waals surface area contributed by atoms with Crippen molar-refractivity contribution in [2.75, 3.05) is 7.11 Å². The highest BCUT2D eigenvalue weighted by molar-refractivity contribution is 6.08. The third kappa shape index (κ3) is 2.04. The molecule has 0 saturated heterocycles. The van der Waals surface area contributed by atoms with Crippen LogP contribution in [0.5, 0.6) is 0 Å². The zero-order chi connectivity index (χ0) is 12.6. The summed E-state index contributed by atoms with van der Waals surface area (Å²) >= 11 is 0. The fourth-order valence-corrected chi connectivity index (χ4v) is 3.25. The summed E-state index contributed by atoms with van der Waals surface area (Å²) in [6.07, 6.45) is 3.92. The van der Waals surface area contributed by atoms with Crippen molar-refractivity contribution < 1.29 is 4.74 Å². The molecule has 1 nitrogen and oxygen atoms in total. The number of fused-ring (bicyclic) bond motifs is 1. The van der Waals surface area contributed by atoms with E-state index in [1.807, 2.05) is 7.11 Å². The molecule has 0 spiro atoms. The maximum atomic E-state index is 5.68. The Bertz CT molecular complexity index is 425. The topological polar surface area (TPSA) is 9.23 Å². The van der Waals surface area contributed by atoms with Gasteiger partial charge in [-0.2, -0.15) is 0 Å². The maximum absolute atomic E-state index is 5.68. The van der Waals surface area contributed by atoms with Gasteiger partial charge in [-0.15, -0.1) is 0 Å². The first-order chi connectivity index (χ1) is 8.10. The highest BCUT2D eigenvalue weighted by Crippen LogP contribution is 2.41. The fourth-order valence-electron chi connectivity index (χ4n) is 3.25. The first-order valence-electron chi connectivity index (χ1n) is 6.74. The fraction of sp³-hybridized carbons (Fsp3) is 0.600. The number of benzene rings is 1. The molecule has 1 aliphatic rings. The molecule has 1 aromatic rings. The SMILES string of the molecule is BCCc1c(C)c(C)cc2c1CC(C)C2OC. The average Bonchev–Trinajstić information content (AvgIpc) is 2.60. The molecule has 0 bridgehead atoms. The first kappa shape index (κ1) is 12.7. The molecule has 0 radical (unpaired) electrons. The highest BCUT2D eigenvalue weighted by Gasteiger charge is 2.31. The van der Waals surface area contributed by atoms with Crippen molar-refractivity contribution in [3.63, 3.8) is 0 Å². The molecule has 17 heavy (non-hydrogen) atoms. The van der Waals surface area contributed by atoms with Crippen molar-refractivity contribution in [1.82, 2.24) is 0 Å². The number of methoxy groups -OCH3 is 1. The van der Waals surface area contributed by atoms with Crippen molar-refractivity contribution in [3.05, 3.63) is 33.9 Å². The van der Waals surface area contributed by atoms with Gasteiger partial charge in [0.25, 0.3) is 0 Å². The van der Waals surface area contributed by atoms with E-state index in [1.54, 1.807) is 11.1 Å². The zero-order valence-corrected chi connectivity index (χ0v) is 11.8. The van der Waals surface area contributed by atoms with Crippen molar-refractivity contribution in [2.45, 2.75) is 46.0 Å². The molecule has 0 aliphatic heterocycles. The molecule has 0 N–H and O–H groups in total. The van der Waals surface area contributed by atoms with Crippen LogP contribution in [0.4, 0.5) is 0 Å². The van der Waals surface area contributed by atoms with Crippen LogP contribution in [0, 0.1) is 19.8 Å². The molecule has 0 amide bonds. The average molecular weight is 230 g/mol. The van der Waals surface area contributed by atoms with Crippen molar-refractivity contribution in [1.29, 1.82) is 0 Å². The van der Waals surface area contributed by atoms with Gasteiger partial charge in [-0.25, -0.2) is 0 Å². The van der Waals surface area contributed by atoms with Crippen LogP contribution in [-0.2, 0) is 17.6 Å². The minimum absolute atomic E-state index is 0.305. The van der Waals surface area contributed by atoms with Crippen LogP contribution in [0.1, 0.15) is 40.8 Å². The lowest BCUT2D eigenvalue weighted by Gasteiger charge is -2.17. The van der Waals surface area contributed by atoms with Crippen LogP contribution in [0.3, 0.4) is 0 Å². The lowest BCUT2D eigenvalue weighted by atomic mass is 9.87. The second-order valence-electron chi connectivity index (χ2n) is 5.45. The first-order valence-corrected chi connectivity index (χ1v) is 6.74. The summed E-state index contributed by atoms with van der Waals surface area (Å²) in [5.41, 5.74) is 7.53. The molecule has 0 aromatic heterocycles. The van der Waals surface area contributed by atoms with E-state index >= 15 is 0 Å². The normalized spacial score (nSPS) is 22.8. The lowest BCUT2D eigenvalue weighted by Crippen LogP contribution is -2.05. The highest BCUT2D eigenvalue weighted by atomic mass is 16.5. The Hall–Kier alpha value is -0.755. The van der Waals surface area contributed by atoms with Crippen molar-refractivity contribution in [2.24, 2.45) is 5.92 Å². The monoisotopic (exact) mass is 230 g/mol. The summed E-state index contributed by atoms with van der Waals surface area (Å²) in [5.74, 6) is 0.617. The Kier molecular flexibility index (Phi) is 3.62. The predicted octanol–water partition coefficient (Wildman–Crippen LogP) is 2.78. The summed E-state index contributed by atoms with van der Waals surface area (Å²) in [6.45, 7) is 6.80. The van der Waals surface area contributed by atoms with Gasteiger partial charge < -0.3 is 4.74 Å². The van der Waals surface area contributed by atoms with Gasteiger partial charge in [0.2, 0.25) is 0 Å². The van der Waals surface area contributed by atoms with Gasteiger partial charge >= 0.3 is 0 Å². The minimum atomic E-state index is 0.305. The summed E-state index contributed by atoms with van der Waals surface area (Å²) in [7, 11) is 4.10. The van der Waals surface area contributed by atoms with Gasteiger partial charge in [0.05, 0.1) is 6.10 Å². The molecule has 0 heterocycles. The Morgan fingerprint density at radius 1 is 1.41 bits per heavy atom. The Morgan fingerprint density at radius 3 is 2.71 bits per heavy atom. The van der Waals surface area contributed by atoms with Gasteiger partial charge in [0.1, 0.15) is 7.85 Å². The molecule has 92 valence electrons. The standard InChI is InChI=1S/C15H23BO/c1-9-7-14-13(8-10(2)15(14)17-4)12(5-6-16)11(9)3/h7,10,15H,5-6,8,16H2,1-4H3. The van der Waals surface area contributed by atoms with Crippen LogP contribution in [-0.4, -0.2) is 15.0 Å². The van der Waals surface area contributed by atoms with Crippen LogP contribution in [0.15, 0.2) is 6.07 Å². The van der Waals surface area contributed by atoms with Gasteiger partial charge in [-0.3, -0.25) is 0 Å². The van der Waals surface area contributed by atoms with Crippen LogP contribution in [0.25, 0.3) is 0 Å². The molecular weight excluding hydrogens is 207 g/mol. The van der Waals surface area contributed by atoms with E-state index in [2.05, 4.69) is 34.7 Å². The van der Waals surface area contributed by atoms with E-state index in [9.17, 15) is 0 Å². The largest absolute Gasteiger partial charge is 0.376 e. The van der Waals surface area contributed by atoms with E-state index in [4.69, 9.17) is 4.74 Å². The number of rotatable bonds is 3. The third-order valence-electron chi connectivity index (χ3n) is 4.23. The molecule has 2 unspecified atom stereocenters. The summed E-state index contributed by atoms with van der Waals surface area (Å²) < 4.78 is 5.68. The van der Waals surface area contributed by atoms with Gasteiger partial charge in [-0.05, 0) is 60.4 Å². The molecule has 1 aromatic carbocycles. The Balaban J connectivity index is 2.56. The van der Waals surface area contributed by atoms with E-state index in [0.29, 0.717) is 12.0 Å². The molecule has 2 heteroatoms. The van der Waals surface area contributed by atoms with E-state index in [0.717, 1.165) is 0 Å². The maximum Gasteiger partial charge on any atom is 0.101 e. The molecule has 1 aliphatic carbocycles. The number of aryl methyl sites for hydroxylation is 1.